The highest BCUT2D eigenvalue weighted by Gasteiger charge is 2.19. The Balaban J connectivity index is 2.15. The molecule has 3 aromatic rings. The SMILES string of the molecule is Cc1ccc(B(O)OC=O)cc1-c1ccc2c(N)nnc(C)c2c1. The van der Waals surface area contributed by atoms with Gasteiger partial charge in [-0.2, -0.15) is 5.10 Å². The summed E-state index contributed by atoms with van der Waals surface area (Å²) >= 11 is 0. The first-order valence-corrected chi connectivity index (χ1v) is 7.42. The first kappa shape index (κ1) is 16.0. The normalized spacial score (nSPS) is 10.6. The molecule has 1 aromatic heterocycles. The highest BCUT2D eigenvalue weighted by molar-refractivity contribution is 6.61. The van der Waals surface area contributed by atoms with Crippen LogP contribution in [0.15, 0.2) is 36.4 Å². The lowest BCUT2D eigenvalue weighted by molar-refractivity contribution is -0.121. The van der Waals surface area contributed by atoms with Gasteiger partial charge in [-0.3, -0.25) is 4.79 Å². The van der Waals surface area contributed by atoms with Crippen LogP contribution in [0, 0.1) is 13.8 Å². The Morgan fingerprint density at radius 2 is 1.92 bits per heavy atom. The smallest absolute Gasteiger partial charge is 0.508 e. The van der Waals surface area contributed by atoms with Crippen LogP contribution < -0.4 is 11.2 Å². The van der Waals surface area contributed by atoms with Crippen molar-refractivity contribution in [2.75, 3.05) is 5.73 Å². The predicted octanol–water partition coefficient (Wildman–Crippen LogP) is 1.36. The number of nitrogens with two attached hydrogens (primary N) is 1. The molecule has 0 spiro atoms. The molecule has 7 heteroatoms. The summed E-state index contributed by atoms with van der Waals surface area (Å²) in [6, 6.07) is 11.2. The van der Waals surface area contributed by atoms with E-state index in [1.165, 1.54) is 0 Å². The van der Waals surface area contributed by atoms with Gasteiger partial charge in [-0.1, -0.05) is 24.3 Å². The zero-order chi connectivity index (χ0) is 17.3. The van der Waals surface area contributed by atoms with Gasteiger partial charge in [0.15, 0.2) is 5.82 Å². The van der Waals surface area contributed by atoms with Gasteiger partial charge in [0.1, 0.15) is 0 Å². The van der Waals surface area contributed by atoms with Gasteiger partial charge in [-0.25, -0.2) is 0 Å². The second-order valence-electron chi connectivity index (χ2n) is 5.59. The molecule has 0 aliphatic carbocycles. The van der Waals surface area contributed by atoms with Crippen LogP contribution in [0.2, 0.25) is 0 Å². The van der Waals surface area contributed by atoms with Gasteiger partial charge in [-0.05, 0) is 48.1 Å². The number of rotatable bonds is 4. The number of aryl methyl sites for hydroxylation is 2. The number of anilines is 1. The van der Waals surface area contributed by atoms with Gasteiger partial charge in [0.2, 0.25) is 0 Å². The summed E-state index contributed by atoms with van der Waals surface area (Å²) in [6.07, 6.45) is 0. The highest BCUT2D eigenvalue weighted by Crippen LogP contribution is 2.29. The number of carbonyl (C=O) groups excluding carboxylic acids is 1. The molecule has 0 fully saturated rings. The number of carbonyl (C=O) groups is 1. The molecule has 24 heavy (non-hydrogen) atoms. The molecule has 0 amide bonds. The molecule has 0 aliphatic heterocycles. The Labute approximate surface area is 139 Å². The third-order valence-electron chi connectivity index (χ3n) is 4.04. The molecule has 3 rings (SSSR count). The van der Waals surface area contributed by atoms with Crippen molar-refractivity contribution >= 4 is 35.6 Å². The van der Waals surface area contributed by atoms with Crippen LogP contribution in [0.3, 0.4) is 0 Å². The molecule has 0 saturated carbocycles. The number of nitrogens with zero attached hydrogens (tertiary/aromatic N) is 2. The molecule has 6 nitrogen and oxygen atoms in total. The number of fused-ring (bicyclic) bond motifs is 1. The van der Waals surface area contributed by atoms with E-state index in [-0.39, 0.29) is 6.47 Å². The average Bonchev–Trinajstić information content (AvgIpc) is 2.58. The van der Waals surface area contributed by atoms with Crippen molar-refractivity contribution in [3.63, 3.8) is 0 Å². The minimum atomic E-state index is -1.29. The molecule has 120 valence electrons. The van der Waals surface area contributed by atoms with E-state index in [2.05, 4.69) is 14.9 Å². The van der Waals surface area contributed by atoms with Gasteiger partial charge in [0, 0.05) is 10.8 Å². The van der Waals surface area contributed by atoms with Crippen LogP contribution in [0.1, 0.15) is 11.3 Å². The second-order valence-corrected chi connectivity index (χ2v) is 5.59. The quantitative estimate of drug-likeness (QED) is 0.556. The van der Waals surface area contributed by atoms with Gasteiger partial charge >= 0.3 is 7.12 Å². The highest BCUT2D eigenvalue weighted by atomic mass is 16.5. The molecule has 0 saturated heterocycles. The zero-order valence-electron chi connectivity index (χ0n) is 13.4. The topological polar surface area (TPSA) is 98.3 Å². The van der Waals surface area contributed by atoms with E-state index in [9.17, 15) is 9.82 Å². The maximum absolute atomic E-state index is 10.4. The third kappa shape index (κ3) is 2.81. The summed E-state index contributed by atoms with van der Waals surface area (Å²) in [5.41, 5.74) is 10.1. The van der Waals surface area contributed by atoms with Gasteiger partial charge in [-0.15, -0.1) is 5.10 Å². The van der Waals surface area contributed by atoms with Crippen LogP contribution in [0.25, 0.3) is 21.9 Å². The third-order valence-corrected chi connectivity index (χ3v) is 4.04. The van der Waals surface area contributed by atoms with Crippen molar-refractivity contribution in [3.8, 4) is 11.1 Å². The van der Waals surface area contributed by atoms with Crippen molar-refractivity contribution in [2.24, 2.45) is 0 Å². The zero-order valence-corrected chi connectivity index (χ0v) is 13.4. The van der Waals surface area contributed by atoms with E-state index in [4.69, 9.17) is 5.73 Å². The summed E-state index contributed by atoms with van der Waals surface area (Å²) in [7, 11) is -1.29. The van der Waals surface area contributed by atoms with Gasteiger partial charge < -0.3 is 15.4 Å². The Kier molecular flexibility index (Phi) is 4.18. The Morgan fingerprint density at radius 1 is 1.12 bits per heavy atom. The van der Waals surface area contributed by atoms with Crippen molar-refractivity contribution < 1.29 is 14.5 Å². The number of nitrogen functional groups attached to an aromatic ring is 1. The molecule has 2 aromatic carbocycles. The Morgan fingerprint density at radius 3 is 2.67 bits per heavy atom. The van der Waals surface area contributed by atoms with Crippen LogP contribution in [-0.2, 0) is 9.45 Å². The molecule has 1 heterocycles. The molecule has 0 unspecified atom stereocenters. The summed E-state index contributed by atoms with van der Waals surface area (Å²) in [5.74, 6) is 0.391. The van der Waals surface area contributed by atoms with E-state index in [1.54, 1.807) is 12.1 Å². The van der Waals surface area contributed by atoms with Gasteiger partial charge in [0.05, 0.1) is 5.69 Å². The average molecular weight is 321 g/mol. The van der Waals surface area contributed by atoms with Crippen LogP contribution >= 0.6 is 0 Å². The monoisotopic (exact) mass is 321 g/mol. The van der Waals surface area contributed by atoms with Crippen molar-refractivity contribution in [3.05, 3.63) is 47.7 Å². The largest absolute Gasteiger partial charge is 0.561 e. The summed E-state index contributed by atoms with van der Waals surface area (Å²) in [6.45, 7) is 4.08. The second kappa shape index (κ2) is 6.29. The predicted molar refractivity (Wildman–Crippen MR) is 93.6 cm³/mol. The molecule has 0 aliphatic rings. The number of aromatic nitrogens is 2. The van der Waals surface area contributed by atoms with Crippen molar-refractivity contribution in [1.82, 2.24) is 10.2 Å². The molecular formula is C17H16BN3O3. The van der Waals surface area contributed by atoms with Crippen LogP contribution in [0.5, 0.6) is 0 Å². The first-order valence-electron chi connectivity index (χ1n) is 7.42. The lowest BCUT2D eigenvalue weighted by Gasteiger charge is -2.12. The minimum Gasteiger partial charge on any atom is -0.508 e. The number of hydrogen-bond donors (Lipinski definition) is 2. The van der Waals surface area contributed by atoms with E-state index in [0.717, 1.165) is 33.2 Å². The van der Waals surface area contributed by atoms with Crippen LogP contribution in [0.4, 0.5) is 5.82 Å². The Bertz CT molecular complexity index is 930. The summed E-state index contributed by atoms with van der Waals surface area (Å²) in [5, 5.41) is 19.6. The summed E-state index contributed by atoms with van der Waals surface area (Å²) < 4.78 is 4.60. The fraction of sp³-hybridized carbons (Fsp3) is 0.118. The number of hydrogen-bond acceptors (Lipinski definition) is 6. The van der Waals surface area contributed by atoms with E-state index >= 15 is 0 Å². The lowest BCUT2D eigenvalue weighted by Crippen LogP contribution is -2.33. The first-order chi connectivity index (χ1) is 11.5. The summed E-state index contributed by atoms with van der Waals surface area (Å²) in [4.78, 5) is 10.4. The molecule has 0 atom stereocenters. The molecule has 0 radical (unpaired) electrons. The van der Waals surface area contributed by atoms with Crippen molar-refractivity contribution in [1.29, 1.82) is 0 Å². The number of benzene rings is 2. The molecule has 0 bridgehead atoms. The van der Waals surface area contributed by atoms with Gasteiger partial charge in [0.25, 0.3) is 6.47 Å². The maximum atomic E-state index is 10.4. The molecule has 3 N–H and O–H groups in total. The van der Waals surface area contributed by atoms with E-state index < -0.39 is 7.12 Å². The fourth-order valence-corrected chi connectivity index (χ4v) is 2.71. The lowest BCUT2D eigenvalue weighted by atomic mass is 9.77. The van der Waals surface area contributed by atoms with Crippen molar-refractivity contribution in [2.45, 2.75) is 13.8 Å². The standard InChI is InChI=1S/C17H16BN3O3/c1-10-3-5-13(18(23)24-9-22)8-15(10)12-4-6-14-16(7-12)11(2)20-21-17(14)19/h3-9,23H,1-2H3,(H2,19,21). The molecular weight excluding hydrogens is 305 g/mol. The maximum Gasteiger partial charge on any atom is 0.561 e. The Hall–Kier alpha value is -2.93. The van der Waals surface area contributed by atoms with E-state index in [0.29, 0.717) is 11.3 Å². The minimum absolute atomic E-state index is 0.227. The van der Waals surface area contributed by atoms with Crippen LogP contribution in [-0.4, -0.2) is 28.8 Å². The van der Waals surface area contributed by atoms with E-state index in [1.807, 2.05) is 38.1 Å². The fourth-order valence-electron chi connectivity index (χ4n) is 2.71.